The standard InChI is InChI=1S/C10H17N3O2S2.ClH/c1-7-12-5-9(16-7)17(14,15)13-10(2,6-11)8-3-4-8;/h5,8,13H,3-4,6,11H2,1-2H3;1H. The van der Waals surface area contributed by atoms with E-state index in [1.807, 2.05) is 6.92 Å². The van der Waals surface area contributed by atoms with Gasteiger partial charge < -0.3 is 5.73 Å². The summed E-state index contributed by atoms with van der Waals surface area (Å²) < 4.78 is 27.3. The molecule has 1 aromatic heterocycles. The second-order valence-electron chi connectivity index (χ2n) is 4.70. The number of nitrogens with zero attached hydrogens (tertiary/aromatic N) is 1. The van der Waals surface area contributed by atoms with Gasteiger partial charge in [0.2, 0.25) is 0 Å². The Morgan fingerprint density at radius 3 is 2.61 bits per heavy atom. The van der Waals surface area contributed by atoms with Gasteiger partial charge in [-0.25, -0.2) is 18.1 Å². The first-order valence-electron chi connectivity index (χ1n) is 5.54. The first-order chi connectivity index (χ1) is 7.87. The van der Waals surface area contributed by atoms with E-state index in [2.05, 4.69) is 9.71 Å². The maximum absolute atomic E-state index is 12.2. The van der Waals surface area contributed by atoms with Crippen LogP contribution in [0.4, 0.5) is 0 Å². The molecule has 3 N–H and O–H groups in total. The molecule has 0 aliphatic heterocycles. The summed E-state index contributed by atoms with van der Waals surface area (Å²) in [7, 11) is -3.49. The molecular formula is C10H18ClN3O2S2. The molecule has 1 aliphatic carbocycles. The summed E-state index contributed by atoms with van der Waals surface area (Å²) in [5.74, 6) is 0.358. The number of aryl methyl sites for hydroxylation is 1. The average Bonchev–Trinajstić information content (AvgIpc) is 3.01. The van der Waals surface area contributed by atoms with E-state index in [0.717, 1.165) is 17.8 Å². The number of aromatic nitrogens is 1. The summed E-state index contributed by atoms with van der Waals surface area (Å²) in [5, 5.41) is 0.742. The zero-order valence-electron chi connectivity index (χ0n) is 10.3. The Kier molecular flexibility index (Phi) is 4.77. The van der Waals surface area contributed by atoms with E-state index in [1.54, 1.807) is 6.92 Å². The minimum atomic E-state index is -3.49. The van der Waals surface area contributed by atoms with Gasteiger partial charge in [0, 0.05) is 12.1 Å². The van der Waals surface area contributed by atoms with Crippen LogP contribution in [0.25, 0.3) is 0 Å². The molecule has 2 rings (SSSR count). The molecule has 1 unspecified atom stereocenters. The molecular weight excluding hydrogens is 294 g/mol. The Hall–Kier alpha value is -0.210. The van der Waals surface area contributed by atoms with Crippen molar-refractivity contribution in [3.8, 4) is 0 Å². The van der Waals surface area contributed by atoms with Crippen molar-refractivity contribution in [3.05, 3.63) is 11.2 Å². The minimum Gasteiger partial charge on any atom is -0.329 e. The highest BCUT2D eigenvalue weighted by Gasteiger charge is 2.43. The van der Waals surface area contributed by atoms with Crippen molar-refractivity contribution in [2.75, 3.05) is 6.54 Å². The van der Waals surface area contributed by atoms with Gasteiger partial charge in [-0.2, -0.15) is 0 Å². The SMILES string of the molecule is Cc1ncc(S(=O)(=O)NC(C)(CN)C2CC2)s1.Cl. The summed E-state index contributed by atoms with van der Waals surface area (Å²) in [6.45, 7) is 3.97. The van der Waals surface area contributed by atoms with E-state index in [1.165, 1.54) is 17.5 Å². The van der Waals surface area contributed by atoms with E-state index in [-0.39, 0.29) is 16.6 Å². The van der Waals surface area contributed by atoms with Crippen molar-refractivity contribution < 1.29 is 8.42 Å². The molecule has 1 fully saturated rings. The first-order valence-corrected chi connectivity index (χ1v) is 7.84. The Morgan fingerprint density at radius 2 is 2.22 bits per heavy atom. The van der Waals surface area contributed by atoms with E-state index >= 15 is 0 Å². The predicted octanol–water partition coefficient (Wildman–Crippen LogP) is 1.28. The topological polar surface area (TPSA) is 85.1 Å². The molecule has 104 valence electrons. The Labute approximate surface area is 118 Å². The number of hydrogen-bond donors (Lipinski definition) is 2. The van der Waals surface area contributed by atoms with Gasteiger partial charge >= 0.3 is 0 Å². The predicted molar refractivity (Wildman–Crippen MR) is 74.6 cm³/mol. The zero-order valence-corrected chi connectivity index (χ0v) is 12.8. The minimum absolute atomic E-state index is 0. The second kappa shape index (κ2) is 5.42. The highest BCUT2D eigenvalue weighted by Crippen LogP contribution is 2.39. The van der Waals surface area contributed by atoms with Gasteiger partial charge in [0.1, 0.15) is 0 Å². The largest absolute Gasteiger partial charge is 0.329 e. The lowest BCUT2D eigenvalue weighted by atomic mass is 9.98. The molecule has 0 saturated heterocycles. The number of rotatable bonds is 5. The summed E-state index contributed by atoms with van der Waals surface area (Å²) in [4.78, 5) is 3.97. The molecule has 1 saturated carbocycles. The molecule has 5 nitrogen and oxygen atoms in total. The quantitative estimate of drug-likeness (QED) is 0.858. The van der Waals surface area contributed by atoms with Crippen LogP contribution in [-0.4, -0.2) is 25.5 Å². The van der Waals surface area contributed by atoms with Crippen LogP contribution in [0.1, 0.15) is 24.8 Å². The van der Waals surface area contributed by atoms with E-state index in [9.17, 15) is 8.42 Å². The van der Waals surface area contributed by atoms with Gasteiger partial charge in [-0.15, -0.1) is 23.7 Å². The number of nitrogens with two attached hydrogens (primary N) is 1. The van der Waals surface area contributed by atoms with Crippen LogP contribution < -0.4 is 10.5 Å². The summed E-state index contributed by atoms with van der Waals surface area (Å²) in [6.07, 6.45) is 3.47. The molecule has 0 spiro atoms. The Bertz CT molecular complexity index is 513. The maximum Gasteiger partial charge on any atom is 0.252 e. The van der Waals surface area contributed by atoms with Crippen molar-refractivity contribution >= 4 is 33.8 Å². The van der Waals surface area contributed by atoms with Crippen LogP contribution >= 0.6 is 23.7 Å². The van der Waals surface area contributed by atoms with Crippen LogP contribution in [0.3, 0.4) is 0 Å². The molecule has 1 atom stereocenters. The summed E-state index contributed by atoms with van der Waals surface area (Å²) in [5.41, 5.74) is 5.17. The van der Waals surface area contributed by atoms with Crippen LogP contribution in [0.2, 0.25) is 0 Å². The monoisotopic (exact) mass is 311 g/mol. The Balaban J connectivity index is 0.00000162. The highest BCUT2D eigenvalue weighted by molar-refractivity contribution is 7.91. The van der Waals surface area contributed by atoms with Crippen LogP contribution in [-0.2, 0) is 10.0 Å². The third kappa shape index (κ3) is 3.21. The summed E-state index contributed by atoms with van der Waals surface area (Å²) in [6, 6.07) is 0. The lowest BCUT2D eigenvalue weighted by molar-refractivity contribution is 0.374. The number of hydrogen-bond acceptors (Lipinski definition) is 5. The van der Waals surface area contributed by atoms with Crippen LogP contribution in [0, 0.1) is 12.8 Å². The van der Waals surface area contributed by atoms with Gasteiger partial charge in [-0.3, -0.25) is 0 Å². The molecule has 0 amide bonds. The fourth-order valence-electron chi connectivity index (χ4n) is 1.84. The van der Waals surface area contributed by atoms with Gasteiger partial charge in [0.05, 0.1) is 11.2 Å². The lowest BCUT2D eigenvalue weighted by Gasteiger charge is -2.28. The number of nitrogens with one attached hydrogen (secondary N) is 1. The van der Waals surface area contributed by atoms with Crippen molar-refractivity contribution in [1.82, 2.24) is 9.71 Å². The van der Waals surface area contributed by atoms with E-state index in [4.69, 9.17) is 5.73 Å². The fourth-order valence-corrected chi connectivity index (χ4v) is 4.42. The lowest BCUT2D eigenvalue weighted by Crippen LogP contribution is -2.52. The van der Waals surface area contributed by atoms with E-state index in [0.29, 0.717) is 12.5 Å². The maximum atomic E-state index is 12.2. The zero-order chi connectivity index (χ0) is 12.7. The van der Waals surface area contributed by atoms with Crippen molar-refractivity contribution in [3.63, 3.8) is 0 Å². The van der Waals surface area contributed by atoms with Gasteiger partial charge in [0.15, 0.2) is 4.21 Å². The van der Waals surface area contributed by atoms with Gasteiger partial charge in [-0.05, 0) is 32.6 Å². The van der Waals surface area contributed by atoms with Crippen LogP contribution in [0.5, 0.6) is 0 Å². The van der Waals surface area contributed by atoms with Crippen molar-refractivity contribution in [1.29, 1.82) is 0 Å². The van der Waals surface area contributed by atoms with Gasteiger partial charge in [0.25, 0.3) is 10.0 Å². The Morgan fingerprint density at radius 1 is 1.61 bits per heavy atom. The normalized spacial score (nSPS) is 19.1. The third-order valence-electron chi connectivity index (χ3n) is 3.13. The number of halogens is 1. The van der Waals surface area contributed by atoms with Crippen molar-refractivity contribution in [2.24, 2.45) is 11.7 Å². The highest BCUT2D eigenvalue weighted by atomic mass is 35.5. The molecule has 1 aliphatic rings. The molecule has 0 radical (unpaired) electrons. The molecule has 1 aromatic rings. The molecule has 0 bridgehead atoms. The summed E-state index contributed by atoms with van der Waals surface area (Å²) >= 11 is 1.18. The molecule has 1 heterocycles. The smallest absolute Gasteiger partial charge is 0.252 e. The fraction of sp³-hybridized carbons (Fsp3) is 0.700. The number of sulfonamides is 1. The number of thiazole rings is 1. The third-order valence-corrected chi connectivity index (χ3v) is 6.12. The first kappa shape index (κ1) is 15.8. The van der Waals surface area contributed by atoms with Crippen molar-refractivity contribution in [2.45, 2.75) is 36.4 Å². The van der Waals surface area contributed by atoms with E-state index < -0.39 is 15.6 Å². The van der Waals surface area contributed by atoms with Gasteiger partial charge in [-0.1, -0.05) is 0 Å². The average molecular weight is 312 g/mol. The molecule has 18 heavy (non-hydrogen) atoms. The molecule has 0 aromatic carbocycles. The molecule has 8 heteroatoms. The second-order valence-corrected chi connectivity index (χ2v) is 7.84. The van der Waals surface area contributed by atoms with Crippen LogP contribution in [0.15, 0.2) is 10.4 Å².